The van der Waals surface area contributed by atoms with Crippen molar-refractivity contribution >= 4 is 11.9 Å². The van der Waals surface area contributed by atoms with Crippen molar-refractivity contribution in [1.29, 1.82) is 0 Å². The van der Waals surface area contributed by atoms with Crippen molar-refractivity contribution in [3.63, 3.8) is 0 Å². The molecule has 0 radical (unpaired) electrons. The van der Waals surface area contributed by atoms with Crippen LogP contribution >= 0.6 is 0 Å². The van der Waals surface area contributed by atoms with Gasteiger partial charge in [-0.25, -0.2) is 4.79 Å². The van der Waals surface area contributed by atoms with Gasteiger partial charge in [0.1, 0.15) is 5.54 Å². The van der Waals surface area contributed by atoms with E-state index in [1.807, 2.05) is 30.3 Å². The summed E-state index contributed by atoms with van der Waals surface area (Å²) in [6.07, 6.45) is 3.71. The van der Waals surface area contributed by atoms with Crippen LogP contribution in [0.4, 0.5) is 4.79 Å². The van der Waals surface area contributed by atoms with Crippen LogP contribution in [0.2, 0.25) is 0 Å². The average molecular weight is 388 g/mol. The lowest BCUT2D eigenvalue weighted by atomic mass is 9.66. The Morgan fingerprint density at radius 1 is 1.04 bits per heavy atom. The molecule has 0 bridgehead atoms. The summed E-state index contributed by atoms with van der Waals surface area (Å²) < 4.78 is 17.8. The Bertz CT molecular complexity index is 722. The SMILES string of the molecule is CC1(CC2(COCc3ccccc3)CCC3(CC2)OCCO3)NC(=O)NC1=O. The molecule has 1 spiro atoms. The molecule has 28 heavy (non-hydrogen) atoms. The van der Waals surface area contributed by atoms with Crippen molar-refractivity contribution in [2.24, 2.45) is 5.41 Å². The largest absolute Gasteiger partial charge is 0.376 e. The molecule has 2 N–H and O–H groups in total. The lowest BCUT2D eigenvalue weighted by Gasteiger charge is -2.46. The number of urea groups is 1. The molecule has 3 amide bonds. The van der Waals surface area contributed by atoms with Crippen LogP contribution in [0.15, 0.2) is 30.3 Å². The first-order valence-corrected chi connectivity index (χ1v) is 9.96. The average Bonchev–Trinajstić information content (AvgIpc) is 3.23. The number of carbonyl (C=O) groups is 2. The van der Waals surface area contributed by atoms with E-state index in [1.54, 1.807) is 6.92 Å². The third kappa shape index (κ3) is 3.92. The molecule has 1 aromatic carbocycles. The molecule has 1 saturated carbocycles. The second-order valence-corrected chi connectivity index (χ2v) is 8.50. The van der Waals surface area contributed by atoms with Gasteiger partial charge in [-0.2, -0.15) is 0 Å². The van der Waals surface area contributed by atoms with E-state index in [0.29, 0.717) is 32.8 Å². The highest BCUT2D eigenvalue weighted by Gasteiger charge is 2.52. The Balaban J connectivity index is 1.46. The van der Waals surface area contributed by atoms with E-state index >= 15 is 0 Å². The van der Waals surface area contributed by atoms with E-state index < -0.39 is 17.4 Å². The third-order valence-corrected chi connectivity index (χ3v) is 6.25. The van der Waals surface area contributed by atoms with Crippen LogP contribution in [0, 0.1) is 5.41 Å². The fraction of sp³-hybridized carbons (Fsp3) is 0.619. The minimum atomic E-state index is -0.922. The summed E-state index contributed by atoms with van der Waals surface area (Å²) in [4.78, 5) is 24.1. The van der Waals surface area contributed by atoms with Gasteiger partial charge in [-0.3, -0.25) is 10.1 Å². The summed E-state index contributed by atoms with van der Waals surface area (Å²) in [6, 6.07) is 9.61. The maximum absolute atomic E-state index is 12.4. The molecular formula is C21H28N2O5. The zero-order valence-electron chi connectivity index (χ0n) is 16.3. The van der Waals surface area contributed by atoms with E-state index in [2.05, 4.69) is 10.6 Å². The van der Waals surface area contributed by atoms with Crippen LogP contribution in [0.1, 0.15) is 44.6 Å². The third-order valence-electron chi connectivity index (χ3n) is 6.25. The summed E-state index contributed by atoms with van der Waals surface area (Å²) in [5.41, 5.74) is -0.0285. The second-order valence-electron chi connectivity index (χ2n) is 8.50. The molecule has 152 valence electrons. The second kappa shape index (κ2) is 7.46. The summed E-state index contributed by atoms with van der Waals surface area (Å²) in [5, 5.41) is 5.17. The normalized spacial score (nSPS) is 28.3. The zero-order chi connectivity index (χ0) is 19.7. The molecule has 7 nitrogen and oxygen atoms in total. The molecule has 7 heteroatoms. The topological polar surface area (TPSA) is 85.9 Å². The number of carbonyl (C=O) groups excluding carboxylic acids is 2. The van der Waals surface area contributed by atoms with Gasteiger partial charge < -0.3 is 19.5 Å². The number of ether oxygens (including phenoxy) is 3. The Kier molecular flexibility index (Phi) is 5.16. The highest BCUT2D eigenvalue weighted by molar-refractivity contribution is 6.06. The maximum atomic E-state index is 12.4. The van der Waals surface area contributed by atoms with Crippen molar-refractivity contribution in [2.75, 3.05) is 19.8 Å². The van der Waals surface area contributed by atoms with Gasteiger partial charge in [0.2, 0.25) is 0 Å². The van der Waals surface area contributed by atoms with Crippen molar-refractivity contribution in [2.45, 2.75) is 57.0 Å². The minimum Gasteiger partial charge on any atom is -0.376 e. The molecule has 1 atom stereocenters. The molecule has 3 aliphatic rings. The highest BCUT2D eigenvalue weighted by Crippen LogP contribution is 2.49. The molecule has 1 unspecified atom stereocenters. The summed E-state index contributed by atoms with van der Waals surface area (Å²) in [5.74, 6) is -0.751. The summed E-state index contributed by atoms with van der Waals surface area (Å²) in [7, 11) is 0. The fourth-order valence-electron chi connectivity index (χ4n) is 4.73. The van der Waals surface area contributed by atoms with E-state index in [-0.39, 0.29) is 11.3 Å². The molecule has 1 aliphatic carbocycles. The quantitative estimate of drug-likeness (QED) is 0.732. The molecule has 3 fully saturated rings. The molecule has 2 aliphatic heterocycles. The van der Waals surface area contributed by atoms with Crippen LogP contribution in [0.25, 0.3) is 0 Å². The van der Waals surface area contributed by atoms with Gasteiger partial charge in [-0.1, -0.05) is 30.3 Å². The summed E-state index contributed by atoms with van der Waals surface area (Å²) in [6.45, 7) is 4.10. The Labute approximate surface area is 165 Å². The van der Waals surface area contributed by atoms with E-state index in [0.717, 1.165) is 31.2 Å². The zero-order valence-corrected chi connectivity index (χ0v) is 16.3. The van der Waals surface area contributed by atoms with Crippen molar-refractivity contribution in [3.8, 4) is 0 Å². The number of imide groups is 1. The van der Waals surface area contributed by atoms with Gasteiger partial charge in [-0.15, -0.1) is 0 Å². The predicted octanol–water partition coefficient (Wildman–Crippen LogP) is 2.49. The van der Waals surface area contributed by atoms with Crippen LogP contribution in [-0.4, -0.2) is 43.1 Å². The number of hydrogen-bond acceptors (Lipinski definition) is 5. The monoisotopic (exact) mass is 388 g/mol. The first-order chi connectivity index (χ1) is 13.4. The van der Waals surface area contributed by atoms with Crippen molar-refractivity contribution in [3.05, 3.63) is 35.9 Å². The standard InChI is InChI=1S/C21H28N2O5/c1-19(17(24)22-18(25)23-19)14-20(15-26-13-16-5-3-2-4-6-16)7-9-21(10-8-20)27-11-12-28-21/h2-6H,7-15H2,1H3,(H2,22,23,24,25). The first kappa shape index (κ1) is 19.4. The summed E-state index contributed by atoms with van der Waals surface area (Å²) >= 11 is 0. The van der Waals surface area contributed by atoms with Gasteiger partial charge in [-0.05, 0) is 37.2 Å². The molecule has 2 saturated heterocycles. The lowest BCUT2D eigenvalue weighted by molar-refractivity contribution is -0.198. The van der Waals surface area contributed by atoms with Crippen molar-refractivity contribution in [1.82, 2.24) is 10.6 Å². The van der Waals surface area contributed by atoms with Crippen molar-refractivity contribution < 1.29 is 23.8 Å². The van der Waals surface area contributed by atoms with Crippen LogP contribution in [0.3, 0.4) is 0 Å². The molecular weight excluding hydrogens is 360 g/mol. The van der Waals surface area contributed by atoms with Gasteiger partial charge in [0, 0.05) is 12.8 Å². The smallest absolute Gasteiger partial charge is 0.322 e. The highest BCUT2D eigenvalue weighted by atomic mass is 16.7. The van der Waals surface area contributed by atoms with Gasteiger partial charge in [0.15, 0.2) is 5.79 Å². The van der Waals surface area contributed by atoms with E-state index in [9.17, 15) is 9.59 Å². The first-order valence-electron chi connectivity index (χ1n) is 9.96. The number of nitrogens with one attached hydrogen (secondary N) is 2. The van der Waals surface area contributed by atoms with E-state index in [4.69, 9.17) is 14.2 Å². The number of hydrogen-bond donors (Lipinski definition) is 2. The number of rotatable bonds is 6. The molecule has 1 aromatic rings. The Morgan fingerprint density at radius 3 is 2.32 bits per heavy atom. The number of amides is 3. The fourth-order valence-corrected chi connectivity index (χ4v) is 4.73. The molecule has 2 heterocycles. The van der Waals surface area contributed by atoms with E-state index in [1.165, 1.54) is 0 Å². The van der Waals surface area contributed by atoms with Crippen LogP contribution < -0.4 is 10.6 Å². The van der Waals surface area contributed by atoms with Crippen LogP contribution in [0.5, 0.6) is 0 Å². The van der Waals surface area contributed by atoms with Gasteiger partial charge in [0.25, 0.3) is 5.91 Å². The number of benzene rings is 1. The Hall–Kier alpha value is -1.96. The maximum Gasteiger partial charge on any atom is 0.322 e. The van der Waals surface area contributed by atoms with Gasteiger partial charge in [0.05, 0.1) is 26.4 Å². The Morgan fingerprint density at radius 2 is 1.71 bits per heavy atom. The lowest BCUT2D eigenvalue weighted by Crippen LogP contribution is -2.51. The molecule has 4 rings (SSSR count). The molecule has 0 aromatic heterocycles. The van der Waals surface area contributed by atoms with Gasteiger partial charge >= 0.3 is 6.03 Å². The predicted molar refractivity (Wildman–Crippen MR) is 101 cm³/mol. The minimum absolute atomic E-state index is 0.223. The van der Waals surface area contributed by atoms with Crippen LogP contribution in [-0.2, 0) is 25.6 Å².